The van der Waals surface area contributed by atoms with Crippen LogP contribution in [0.25, 0.3) is 10.4 Å². The molecule has 0 atom stereocenters. The second-order valence-corrected chi connectivity index (χ2v) is 5.51. The fraction of sp³-hybridized carbons (Fsp3) is 0.267. The number of carbonyl (C=O) groups excluding carboxylic acids is 1. The molecule has 2 rings (SSSR count). The second-order valence-electron chi connectivity index (χ2n) is 4.46. The highest BCUT2D eigenvalue weighted by atomic mass is 32.1. The van der Waals surface area contributed by atoms with Gasteiger partial charge in [0.2, 0.25) is 0 Å². The molecule has 0 aliphatic carbocycles. The van der Waals surface area contributed by atoms with Gasteiger partial charge in [-0.3, -0.25) is 4.79 Å². The molecule has 1 aromatic heterocycles. The van der Waals surface area contributed by atoms with Crippen molar-refractivity contribution >= 4 is 17.2 Å². The topological polar surface area (TPSA) is 49.3 Å². The molecule has 1 amide bonds. The van der Waals surface area contributed by atoms with Crippen LogP contribution in [0.3, 0.4) is 0 Å². The van der Waals surface area contributed by atoms with Gasteiger partial charge in [-0.1, -0.05) is 12.1 Å². The first kappa shape index (κ1) is 14.7. The lowest BCUT2D eigenvalue weighted by Gasteiger charge is -2.01. The van der Waals surface area contributed by atoms with E-state index < -0.39 is 0 Å². The van der Waals surface area contributed by atoms with Crippen molar-refractivity contribution in [3.63, 3.8) is 0 Å². The Bertz CT molecular complexity index is 592. The van der Waals surface area contributed by atoms with Crippen LogP contribution in [0.5, 0.6) is 0 Å². The molecule has 20 heavy (non-hydrogen) atoms. The lowest BCUT2D eigenvalue weighted by molar-refractivity contribution is 0.0955. The first-order valence-corrected chi connectivity index (χ1v) is 7.19. The maximum Gasteiger partial charge on any atom is 0.261 e. The first-order valence-electron chi connectivity index (χ1n) is 6.37. The van der Waals surface area contributed by atoms with Crippen LogP contribution in [-0.2, 0) is 0 Å². The first-order chi connectivity index (χ1) is 9.61. The van der Waals surface area contributed by atoms with Gasteiger partial charge in [0, 0.05) is 18.0 Å². The molecular weight excluding hydrogens is 277 g/mol. The number of aliphatic hydroxyl groups excluding tert-OH is 1. The van der Waals surface area contributed by atoms with Crippen LogP contribution in [-0.4, -0.2) is 24.2 Å². The highest BCUT2D eigenvalue weighted by Gasteiger charge is 2.13. The van der Waals surface area contributed by atoms with Gasteiger partial charge >= 0.3 is 0 Å². The zero-order valence-corrected chi connectivity index (χ0v) is 12.0. The number of hydrogen-bond donors (Lipinski definition) is 2. The van der Waals surface area contributed by atoms with Gasteiger partial charge in [0.15, 0.2) is 0 Å². The van der Waals surface area contributed by atoms with Crippen molar-refractivity contribution in [3.05, 3.63) is 46.6 Å². The lowest BCUT2D eigenvalue weighted by Crippen LogP contribution is -2.24. The van der Waals surface area contributed by atoms with Gasteiger partial charge in [-0.15, -0.1) is 11.3 Å². The summed E-state index contributed by atoms with van der Waals surface area (Å²) in [5.74, 6) is -0.412. The number of nitrogens with one attached hydrogen (secondary N) is 1. The molecule has 0 unspecified atom stereocenters. The number of thiophene rings is 1. The fourth-order valence-electron chi connectivity index (χ4n) is 1.85. The Hall–Kier alpha value is -1.72. The summed E-state index contributed by atoms with van der Waals surface area (Å²) >= 11 is 1.39. The lowest BCUT2D eigenvalue weighted by atomic mass is 10.1. The fourth-order valence-corrected chi connectivity index (χ4v) is 2.94. The van der Waals surface area contributed by atoms with Crippen molar-refractivity contribution in [1.29, 1.82) is 0 Å². The maximum atomic E-state index is 12.9. The summed E-state index contributed by atoms with van der Waals surface area (Å²) in [4.78, 5) is 13.5. The zero-order valence-electron chi connectivity index (χ0n) is 11.1. The molecular formula is C15H16FNO2S. The summed E-state index contributed by atoms with van der Waals surface area (Å²) in [7, 11) is 0. The zero-order chi connectivity index (χ0) is 14.5. The molecule has 1 aromatic carbocycles. The molecule has 0 saturated carbocycles. The number of carbonyl (C=O) groups is 1. The number of hydrogen-bond acceptors (Lipinski definition) is 3. The third-order valence-electron chi connectivity index (χ3n) is 2.87. The van der Waals surface area contributed by atoms with Crippen molar-refractivity contribution in [3.8, 4) is 10.4 Å². The van der Waals surface area contributed by atoms with Crippen LogP contribution in [0, 0.1) is 12.7 Å². The summed E-state index contributed by atoms with van der Waals surface area (Å²) in [6.07, 6.45) is 0.543. The standard InChI is InChI=1S/C15H16FNO2S/c1-10-9-13(15(19)17-7-2-8-18)20-14(10)11-3-5-12(16)6-4-11/h3-6,9,18H,2,7-8H2,1H3,(H,17,19). The predicted molar refractivity (Wildman–Crippen MR) is 78.5 cm³/mol. The third kappa shape index (κ3) is 3.43. The quantitative estimate of drug-likeness (QED) is 0.833. The second kappa shape index (κ2) is 6.63. The summed E-state index contributed by atoms with van der Waals surface area (Å²) in [6.45, 7) is 2.45. The van der Waals surface area contributed by atoms with Crippen LogP contribution in [0.1, 0.15) is 21.7 Å². The van der Waals surface area contributed by atoms with Crippen LogP contribution >= 0.6 is 11.3 Å². The van der Waals surface area contributed by atoms with E-state index in [2.05, 4.69) is 5.32 Å². The normalized spacial score (nSPS) is 10.6. The minimum Gasteiger partial charge on any atom is -0.396 e. The van der Waals surface area contributed by atoms with E-state index in [0.717, 1.165) is 16.0 Å². The van der Waals surface area contributed by atoms with E-state index >= 15 is 0 Å². The Morgan fingerprint density at radius 2 is 2.05 bits per heavy atom. The highest BCUT2D eigenvalue weighted by Crippen LogP contribution is 2.32. The third-order valence-corrected chi connectivity index (χ3v) is 4.15. The van der Waals surface area contributed by atoms with Crippen LogP contribution < -0.4 is 5.32 Å². The Balaban J connectivity index is 2.17. The number of aliphatic hydroxyl groups is 1. The van der Waals surface area contributed by atoms with Gasteiger partial charge in [0.1, 0.15) is 5.82 Å². The van der Waals surface area contributed by atoms with E-state index in [9.17, 15) is 9.18 Å². The van der Waals surface area contributed by atoms with Crippen LogP contribution in [0.15, 0.2) is 30.3 Å². The average molecular weight is 293 g/mol. The summed E-state index contributed by atoms with van der Waals surface area (Å²) in [6, 6.07) is 8.08. The Kier molecular flexibility index (Phi) is 4.87. The van der Waals surface area contributed by atoms with Crippen molar-refractivity contribution in [2.24, 2.45) is 0 Å². The van der Waals surface area contributed by atoms with Gasteiger partial charge in [-0.05, 0) is 42.7 Å². The number of amides is 1. The van der Waals surface area contributed by atoms with E-state index in [-0.39, 0.29) is 18.3 Å². The molecule has 0 aliphatic heterocycles. The minimum atomic E-state index is -0.273. The number of benzene rings is 1. The van der Waals surface area contributed by atoms with Crippen molar-refractivity contribution in [1.82, 2.24) is 5.32 Å². The predicted octanol–water partition coefficient (Wildman–Crippen LogP) is 2.97. The monoisotopic (exact) mass is 293 g/mol. The molecule has 3 nitrogen and oxygen atoms in total. The van der Waals surface area contributed by atoms with Crippen LogP contribution in [0.4, 0.5) is 4.39 Å². The van der Waals surface area contributed by atoms with Gasteiger partial charge in [0.25, 0.3) is 5.91 Å². The Morgan fingerprint density at radius 3 is 2.70 bits per heavy atom. The smallest absolute Gasteiger partial charge is 0.261 e. The van der Waals surface area contributed by atoms with E-state index in [1.807, 2.05) is 13.0 Å². The van der Waals surface area contributed by atoms with Gasteiger partial charge in [-0.2, -0.15) is 0 Å². The minimum absolute atomic E-state index is 0.0601. The Morgan fingerprint density at radius 1 is 1.35 bits per heavy atom. The molecule has 0 radical (unpaired) electrons. The van der Waals surface area contributed by atoms with E-state index in [0.29, 0.717) is 17.8 Å². The molecule has 2 N–H and O–H groups in total. The summed E-state index contributed by atoms with van der Waals surface area (Å²) in [5.41, 5.74) is 1.90. The maximum absolute atomic E-state index is 12.9. The molecule has 0 bridgehead atoms. The van der Waals surface area contributed by atoms with Gasteiger partial charge in [0.05, 0.1) is 4.88 Å². The molecule has 5 heteroatoms. The van der Waals surface area contributed by atoms with Gasteiger partial charge < -0.3 is 10.4 Å². The Labute approximate surface area is 121 Å². The number of halogens is 1. The van der Waals surface area contributed by atoms with Crippen molar-refractivity contribution in [2.75, 3.05) is 13.2 Å². The highest BCUT2D eigenvalue weighted by molar-refractivity contribution is 7.17. The molecule has 0 aliphatic rings. The van der Waals surface area contributed by atoms with E-state index in [1.54, 1.807) is 12.1 Å². The number of rotatable bonds is 5. The molecule has 0 spiro atoms. The van der Waals surface area contributed by atoms with E-state index in [1.165, 1.54) is 23.5 Å². The van der Waals surface area contributed by atoms with Crippen molar-refractivity contribution in [2.45, 2.75) is 13.3 Å². The average Bonchev–Trinajstić information content (AvgIpc) is 2.82. The molecule has 1 heterocycles. The summed E-state index contributed by atoms with van der Waals surface area (Å²) < 4.78 is 12.9. The summed E-state index contributed by atoms with van der Waals surface area (Å²) in [5, 5.41) is 11.4. The van der Waals surface area contributed by atoms with Crippen molar-refractivity contribution < 1.29 is 14.3 Å². The van der Waals surface area contributed by atoms with Crippen LogP contribution in [0.2, 0.25) is 0 Å². The van der Waals surface area contributed by atoms with Gasteiger partial charge in [-0.25, -0.2) is 4.39 Å². The largest absolute Gasteiger partial charge is 0.396 e. The SMILES string of the molecule is Cc1cc(C(=O)NCCCO)sc1-c1ccc(F)cc1. The molecule has 106 valence electrons. The molecule has 0 fully saturated rings. The number of aryl methyl sites for hydroxylation is 1. The molecule has 0 saturated heterocycles. The van der Waals surface area contributed by atoms with E-state index in [4.69, 9.17) is 5.11 Å². The molecule has 2 aromatic rings.